The van der Waals surface area contributed by atoms with E-state index in [0.717, 1.165) is 29.8 Å². The first kappa shape index (κ1) is 13.8. The number of benzene rings is 1. The van der Waals surface area contributed by atoms with Crippen molar-refractivity contribution in [1.82, 2.24) is 0 Å². The van der Waals surface area contributed by atoms with Gasteiger partial charge < -0.3 is 4.90 Å². The second-order valence-corrected chi connectivity index (χ2v) is 5.29. The third-order valence-electron chi connectivity index (χ3n) is 3.83. The maximum absolute atomic E-state index is 12.5. The fourth-order valence-corrected chi connectivity index (χ4v) is 2.67. The number of carbonyl (C=O) groups is 2. The summed E-state index contributed by atoms with van der Waals surface area (Å²) in [6.45, 7) is 6.57. The molecule has 1 aromatic carbocycles. The lowest BCUT2D eigenvalue weighted by atomic mass is 9.91. The van der Waals surface area contributed by atoms with Crippen LogP contribution in [0.15, 0.2) is 18.2 Å². The Morgan fingerprint density at radius 3 is 2.79 bits per heavy atom. The molecule has 1 aromatic rings. The maximum Gasteiger partial charge on any atom is 0.237 e. The summed E-state index contributed by atoms with van der Waals surface area (Å²) in [5, 5.41) is 0. The molecule has 1 amide bonds. The van der Waals surface area contributed by atoms with Crippen LogP contribution in [0.5, 0.6) is 0 Å². The van der Waals surface area contributed by atoms with Gasteiger partial charge in [-0.15, -0.1) is 0 Å². The van der Waals surface area contributed by atoms with Crippen molar-refractivity contribution in [3.63, 3.8) is 0 Å². The third kappa shape index (κ3) is 2.70. The largest absolute Gasteiger partial charge is 0.312 e. The highest BCUT2D eigenvalue weighted by molar-refractivity contribution is 6.09. The van der Waals surface area contributed by atoms with Gasteiger partial charge in [0, 0.05) is 18.7 Å². The number of hydrogen-bond acceptors (Lipinski definition) is 2. The fraction of sp³-hybridized carbons (Fsp3) is 0.500. The Labute approximate surface area is 114 Å². The topological polar surface area (TPSA) is 37.4 Å². The molecule has 0 N–H and O–H groups in total. The Balaban J connectivity index is 2.31. The van der Waals surface area contributed by atoms with Gasteiger partial charge in [0.15, 0.2) is 0 Å². The Morgan fingerprint density at radius 1 is 1.37 bits per heavy atom. The van der Waals surface area contributed by atoms with Crippen LogP contribution in [-0.4, -0.2) is 18.2 Å². The fourth-order valence-electron chi connectivity index (χ4n) is 2.67. The number of hydrogen-bond donors (Lipinski definition) is 0. The van der Waals surface area contributed by atoms with Crippen LogP contribution < -0.4 is 4.90 Å². The van der Waals surface area contributed by atoms with Gasteiger partial charge in [-0.2, -0.15) is 0 Å². The first-order chi connectivity index (χ1) is 9.04. The van der Waals surface area contributed by atoms with Gasteiger partial charge in [-0.05, 0) is 43.9 Å². The maximum atomic E-state index is 12.5. The number of carbonyl (C=O) groups excluding carboxylic acids is 2. The number of amides is 1. The van der Waals surface area contributed by atoms with Crippen LogP contribution in [-0.2, 0) is 9.59 Å². The van der Waals surface area contributed by atoms with Crippen LogP contribution in [0.4, 0.5) is 5.69 Å². The summed E-state index contributed by atoms with van der Waals surface area (Å²) in [6.07, 6.45) is 2.04. The first-order valence-electron chi connectivity index (χ1n) is 6.96. The monoisotopic (exact) mass is 259 g/mol. The molecule has 1 saturated heterocycles. The molecular weight excluding hydrogens is 238 g/mol. The summed E-state index contributed by atoms with van der Waals surface area (Å²) in [5.41, 5.74) is 3.18. The van der Waals surface area contributed by atoms with Crippen molar-refractivity contribution in [3.8, 4) is 0 Å². The third-order valence-corrected chi connectivity index (χ3v) is 3.83. The van der Waals surface area contributed by atoms with Gasteiger partial charge in [-0.1, -0.05) is 19.1 Å². The van der Waals surface area contributed by atoms with Crippen molar-refractivity contribution in [3.05, 3.63) is 29.3 Å². The summed E-state index contributed by atoms with van der Waals surface area (Å²) >= 11 is 0. The number of rotatable bonds is 3. The summed E-state index contributed by atoms with van der Waals surface area (Å²) in [4.78, 5) is 26.1. The van der Waals surface area contributed by atoms with E-state index >= 15 is 0 Å². The molecule has 1 heterocycles. The molecule has 1 fully saturated rings. The van der Waals surface area contributed by atoms with E-state index in [-0.39, 0.29) is 11.7 Å². The SMILES string of the molecule is CCC(=O)[C@@H]1CCCN(c2cc(C)ccc2C)C1=O. The van der Waals surface area contributed by atoms with Crippen molar-refractivity contribution in [2.24, 2.45) is 5.92 Å². The molecule has 0 bridgehead atoms. The van der Waals surface area contributed by atoms with Gasteiger partial charge in [-0.3, -0.25) is 9.59 Å². The zero-order valence-electron chi connectivity index (χ0n) is 11.9. The van der Waals surface area contributed by atoms with Crippen molar-refractivity contribution in [2.45, 2.75) is 40.0 Å². The second-order valence-electron chi connectivity index (χ2n) is 5.29. The molecule has 1 aliphatic heterocycles. The molecular formula is C16H21NO2. The van der Waals surface area contributed by atoms with Crippen LogP contribution >= 0.6 is 0 Å². The van der Waals surface area contributed by atoms with E-state index in [1.165, 1.54) is 0 Å². The van der Waals surface area contributed by atoms with Crippen molar-refractivity contribution in [1.29, 1.82) is 0 Å². The molecule has 0 radical (unpaired) electrons. The molecule has 0 aliphatic carbocycles. The van der Waals surface area contributed by atoms with Crippen LogP contribution in [0, 0.1) is 19.8 Å². The second kappa shape index (κ2) is 5.55. The Kier molecular flexibility index (Phi) is 4.03. The number of Topliss-reactive ketones (excluding diaryl/α,β-unsaturated/α-hetero) is 1. The number of ketones is 1. The lowest BCUT2D eigenvalue weighted by Gasteiger charge is -2.32. The van der Waals surface area contributed by atoms with E-state index in [2.05, 4.69) is 0 Å². The first-order valence-corrected chi connectivity index (χ1v) is 6.96. The minimum absolute atomic E-state index is 0.0215. The standard InChI is InChI=1S/C16H21NO2/c1-4-15(18)13-6-5-9-17(16(13)19)14-10-11(2)7-8-12(14)3/h7-8,10,13H,4-6,9H2,1-3H3/t13-/m0/s1. The normalized spacial score (nSPS) is 19.6. The smallest absolute Gasteiger partial charge is 0.237 e. The molecule has 1 aliphatic rings. The average Bonchev–Trinajstić information content (AvgIpc) is 2.41. The van der Waals surface area contributed by atoms with Gasteiger partial charge in [0.1, 0.15) is 5.78 Å². The van der Waals surface area contributed by atoms with Gasteiger partial charge >= 0.3 is 0 Å². The summed E-state index contributed by atoms with van der Waals surface area (Å²) in [7, 11) is 0. The zero-order chi connectivity index (χ0) is 14.0. The van der Waals surface area contributed by atoms with E-state index in [0.29, 0.717) is 12.8 Å². The predicted molar refractivity (Wildman–Crippen MR) is 76.3 cm³/mol. The lowest BCUT2D eigenvalue weighted by molar-refractivity contribution is -0.133. The van der Waals surface area contributed by atoms with E-state index in [1.54, 1.807) is 4.90 Å². The molecule has 102 valence electrons. The number of piperidine rings is 1. The van der Waals surface area contributed by atoms with Gasteiger partial charge in [-0.25, -0.2) is 0 Å². The quantitative estimate of drug-likeness (QED) is 0.782. The molecule has 0 unspecified atom stereocenters. The summed E-state index contributed by atoms with van der Waals surface area (Å²) in [5.74, 6) is -0.384. The van der Waals surface area contributed by atoms with Gasteiger partial charge in [0.25, 0.3) is 0 Å². The van der Waals surface area contributed by atoms with Crippen LogP contribution in [0.3, 0.4) is 0 Å². The van der Waals surface area contributed by atoms with Crippen molar-refractivity contribution in [2.75, 3.05) is 11.4 Å². The molecule has 19 heavy (non-hydrogen) atoms. The van der Waals surface area contributed by atoms with E-state index < -0.39 is 5.92 Å². The van der Waals surface area contributed by atoms with Gasteiger partial charge in [0.05, 0.1) is 5.92 Å². The molecule has 3 nitrogen and oxygen atoms in total. The van der Waals surface area contributed by atoms with Crippen LogP contribution in [0.1, 0.15) is 37.3 Å². The van der Waals surface area contributed by atoms with Crippen LogP contribution in [0.25, 0.3) is 0 Å². The molecule has 0 saturated carbocycles. The Bertz CT molecular complexity index is 507. The van der Waals surface area contributed by atoms with Gasteiger partial charge in [0.2, 0.25) is 5.91 Å². The lowest BCUT2D eigenvalue weighted by Crippen LogP contribution is -2.44. The number of aryl methyl sites for hydroxylation is 2. The number of nitrogens with zero attached hydrogens (tertiary/aromatic N) is 1. The summed E-state index contributed by atoms with van der Waals surface area (Å²) < 4.78 is 0. The van der Waals surface area contributed by atoms with Crippen molar-refractivity contribution < 1.29 is 9.59 Å². The minimum atomic E-state index is -0.432. The van der Waals surface area contributed by atoms with E-state index in [4.69, 9.17) is 0 Å². The molecule has 0 aromatic heterocycles. The van der Waals surface area contributed by atoms with Crippen LogP contribution in [0.2, 0.25) is 0 Å². The number of anilines is 1. The highest BCUT2D eigenvalue weighted by atomic mass is 16.2. The molecule has 2 rings (SSSR count). The molecule has 0 spiro atoms. The predicted octanol–water partition coefficient (Wildman–Crippen LogP) is 3.03. The average molecular weight is 259 g/mol. The molecule has 1 atom stereocenters. The highest BCUT2D eigenvalue weighted by Gasteiger charge is 2.34. The zero-order valence-corrected chi connectivity index (χ0v) is 11.9. The van der Waals surface area contributed by atoms with Crippen molar-refractivity contribution >= 4 is 17.4 Å². The highest BCUT2D eigenvalue weighted by Crippen LogP contribution is 2.28. The molecule has 3 heteroatoms. The van der Waals surface area contributed by atoms with E-state index in [9.17, 15) is 9.59 Å². The summed E-state index contributed by atoms with van der Waals surface area (Å²) in [6, 6.07) is 6.11. The Morgan fingerprint density at radius 2 is 2.11 bits per heavy atom. The van der Waals surface area contributed by atoms with E-state index in [1.807, 2.05) is 39.0 Å². The Hall–Kier alpha value is -1.64. The minimum Gasteiger partial charge on any atom is -0.312 e.